The Morgan fingerprint density at radius 1 is 1.19 bits per heavy atom. The van der Waals surface area contributed by atoms with E-state index in [2.05, 4.69) is 41.4 Å². The van der Waals surface area contributed by atoms with E-state index < -0.39 is 0 Å². The Balaban J connectivity index is 1.79. The third-order valence-corrected chi connectivity index (χ3v) is 3.93. The lowest BCUT2D eigenvalue weighted by molar-refractivity contribution is 0.185. The van der Waals surface area contributed by atoms with Crippen molar-refractivity contribution in [1.82, 2.24) is 15.5 Å². The lowest BCUT2D eigenvalue weighted by Crippen LogP contribution is -2.34. The molecule has 1 N–H and O–H groups in total. The highest BCUT2D eigenvalue weighted by Gasteiger charge is 2.33. The summed E-state index contributed by atoms with van der Waals surface area (Å²) in [5.74, 6) is 1.45. The molecule has 1 saturated heterocycles. The molecular formula is C16H21N3O2. The molecule has 2 atom stereocenters. The normalized spacial score (nSPS) is 21.8. The fourth-order valence-corrected chi connectivity index (χ4v) is 2.65. The van der Waals surface area contributed by atoms with Crippen LogP contribution in [0.3, 0.4) is 0 Å². The molecule has 2 aromatic rings. The molecule has 21 heavy (non-hydrogen) atoms. The summed E-state index contributed by atoms with van der Waals surface area (Å²) < 4.78 is 11.0. The molecule has 5 heteroatoms. The molecule has 0 aliphatic carbocycles. The van der Waals surface area contributed by atoms with Crippen LogP contribution in [0.1, 0.15) is 31.2 Å². The predicted molar refractivity (Wildman–Crippen MR) is 80.1 cm³/mol. The Hall–Kier alpha value is -1.72. The lowest BCUT2D eigenvalue weighted by Gasteiger charge is -2.13. The molecule has 0 amide bonds. The minimum atomic E-state index is 0.140. The number of hydrogen-bond acceptors (Lipinski definition) is 5. The van der Waals surface area contributed by atoms with Crippen LogP contribution < -0.4 is 5.32 Å². The first kappa shape index (κ1) is 14.2. The van der Waals surface area contributed by atoms with Gasteiger partial charge < -0.3 is 14.6 Å². The zero-order chi connectivity index (χ0) is 14.7. The van der Waals surface area contributed by atoms with Crippen molar-refractivity contribution < 1.29 is 9.26 Å². The van der Waals surface area contributed by atoms with Crippen LogP contribution in [0.5, 0.6) is 0 Å². The van der Waals surface area contributed by atoms with Gasteiger partial charge in [-0.3, -0.25) is 0 Å². The van der Waals surface area contributed by atoms with E-state index in [0.29, 0.717) is 24.9 Å². The molecule has 0 radical (unpaired) electrons. The molecule has 0 spiro atoms. The third-order valence-electron chi connectivity index (χ3n) is 3.93. The van der Waals surface area contributed by atoms with Gasteiger partial charge in [0.1, 0.15) is 0 Å². The second kappa shape index (κ2) is 6.37. The molecule has 5 nitrogen and oxygen atoms in total. The maximum atomic E-state index is 5.53. The summed E-state index contributed by atoms with van der Waals surface area (Å²) in [6.45, 7) is 6.46. The van der Waals surface area contributed by atoms with Gasteiger partial charge >= 0.3 is 0 Å². The smallest absolute Gasteiger partial charge is 0.234 e. The van der Waals surface area contributed by atoms with Crippen molar-refractivity contribution in [1.29, 1.82) is 0 Å². The van der Waals surface area contributed by atoms with Gasteiger partial charge in [0.25, 0.3) is 0 Å². The molecule has 1 aromatic carbocycles. The van der Waals surface area contributed by atoms with Crippen LogP contribution >= 0.6 is 0 Å². The topological polar surface area (TPSA) is 60.2 Å². The van der Waals surface area contributed by atoms with Crippen molar-refractivity contribution in [3.05, 3.63) is 35.7 Å². The Labute approximate surface area is 124 Å². The Kier molecular flexibility index (Phi) is 4.31. The van der Waals surface area contributed by atoms with Crippen molar-refractivity contribution in [2.75, 3.05) is 19.8 Å². The molecule has 1 aliphatic rings. The standard InChI is InChI=1S/C16H21N3O2/c1-3-11-5-7-12(8-6-11)15-18-16(21-19-15)13-9-20-10-14(13)17-4-2/h5-8,13-14,17H,3-4,9-10H2,1-2H3. The van der Waals surface area contributed by atoms with Gasteiger partial charge in [-0.25, -0.2) is 0 Å². The zero-order valence-corrected chi connectivity index (χ0v) is 12.5. The highest BCUT2D eigenvalue weighted by Crippen LogP contribution is 2.26. The monoisotopic (exact) mass is 287 g/mol. The van der Waals surface area contributed by atoms with E-state index in [0.717, 1.165) is 18.5 Å². The van der Waals surface area contributed by atoms with Crippen molar-refractivity contribution in [2.45, 2.75) is 32.2 Å². The lowest BCUT2D eigenvalue weighted by atomic mass is 10.0. The van der Waals surface area contributed by atoms with Crippen LogP contribution in [-0.2, 0) is 11.2 Å². The highest BCUT2D eigenvalue weighted by atomic mass is 16.5. The maximum absolute atomic E-state index is 5.53. The van der Waals surface area contributed by atoms with Crippen LogP contribution in [0.25, 0.3) is 11.4 Å². The van der Waals surface area contributed by atoms with E-state index in [1.165, 1.54) is 5.56 Å². The number of aryl methyl sites for hydroxylation is 1. The second-order valence-electron chi connectivity index (χ2n) is 5.31. The zero-order valence-electron chi connectivity index (χ0n) is 12.5. The Morgan fingerprint density at radius 3 is 2.71 bits per heavy atom. The van der Waals surface area contributed by atoms with E-state index in [9.17, 15) is 0 Å². The van der Waals surface area contributed by atoms with E-state index in [1.807, 2.05) is 12.1 Å². The summed E-state index contributed by atoms with van der Waals surface area (Å²) in [5, 5.41) is 7.52. The number of ether oxygens (including phenoxy) is 1. The highest BCUT2D eigenvalue weighted by molar-refractivity contribution is 5.54. The van der Waals surface area contributed by atoms with Crippen LogP contribution in [0.4, 0.5) is 0 Å². The number of aromatic nitrogens is 2. The number of rotatable bonds is 5. The molecule has 1 aliphatic heterocycles. The molecular weight excluding hydrogens is 266 g/mol. The first-order chi connectivity index (χ1) is 10.3. The number of benzene rings is 1. The number of hydrogen-bond donors (Lipinski definition) is 1. The third kappa shape index (κ3) is 2.99. The van der Waals surface area contributed by atoms with Crippen molar-refractivity contribution in [3.63, 3.8) is 0 Å². The molecule has 0 saturated carbocycles. The van der Waals surface area contributed by atoms with Gasteiger partial charge in [0.15, 0.2) is 0 Å². The SMILES string of the molecule is CCNC1COCC1c1nc(-c2ccc(CC)cc2)no1. The fraction of sp³-hybridized carbons (Fsp3) is 0.500. The summed E-state index contributed by atoms with van der Waals surface area (Å²) in [6.07, 6.45) is 1.03. The quantitative estimate of drug-likeness (QED) is 0.915. The van der Waals surface area contributed by atoms with Gasteiger partial charge in [-0.15, -0.1) is 0 Å². The average Bonchev–Trinajstić information content (AvgIpc) is 3.16. The largest absolute Gasteiger partial charge is 0.379 e. The minimum Gasteiger partial charge on any atom is -0.379 e. The first-order valence-electron chi connectivity index (χ1n) is 7.55. The van der Waals surface area contributed by atoms with Crippen molar-refractivity contribution in [3.8, 4) is 11.4 Å². The Morgan fingerprint density at radius 2 is 2.00 bits per heavy atom. The van der Waals surface area contributed by atoms with Gasteiger partial charge in [0.05, 0.1) is 19.1 Å². The van der Waals surface area contributed by atoms with E-state index in [1.54, 1.807) is 0 Å². The van der Waals surface area contributed by atoms with Gasteiger partial charge in [0.2, 0.25) is 11.7 Å². The van der Waals surface area contributed by atoms with Crippen LogP contribution in [0, 0.1) is 0 Å². The van der Waals surface area contributed by atoms with Crippen molar-refractivity contribution >= 4 is 0 Å². The van der Waals surface area contributed by atoms with Crippen LogP contribution in [-0.4, -0.2) is 35.9 Å². The molecule has 112 valence electrons. The summed E-state index contributed by atoms with van der Waals surface area (Å²) in [5.41, 5.74) is 2.29. The minimum absolute atomic E-state index is 0.140. The summed E-state index contributed by atoms with van der Waals surface area (Å²) >= 11 is 0. The van der Waals surface area contributed by atoms with Gasteiger partial charge in [-0.2, -0.15) is 4.98 Å². The van der Waals surface area contributed by atoms with E-state index >= 15 is 0 Å². The predicted octanol–water partition coefficient (Wildman–Crippen LogP) is 2.39. The maximum Gasteiger partial charge on any atom is 0.234 e. The van der Waals surface area contributed by atoms with Crippen LogP contribution in [0.2, 0.25) is 0 Å². The average molecular weight is 287 g/mol. The van der Waals surface area contributed by atoms with Gasteiger partial charge in [0, 0.05) is 11.6 Å². The number of nitrogens with zero attached hydrogens (tertiary/aromatic N) is 2. The Bertz CT molecular complexity index is 579. The second-order valence-corrected chi connectivity index (χ2v) is 5.31. The number of nitrogens with one attached hydrogen (secondary N) is 1. The summed E-state index contributed by atoms with van der Waals surface area (Å²) in [4.78, 5) is 4.55. The first-order valence-corrected chi connectivity index (χ1v) is 7.55. The van der Waals surface area contributed by atoms with Crippen LogP contribution in [0.15, 0.2) is 28.8 Å². The van der Waals surface area contributed by atoms with Crippen molar-refractivity contribution in [2.24, 2.45) is 0 Å². The summed E-state index contributed by atoms with van der Waals surface area (Å²) in [6, 6.07) is 8.54. The van der Waals surface area contributed by atoms with Gasteiger partial charge in [-0.1, -0.05) is 43.3 Å². The molecule has 0 bridgehead atoms. The molecule has 1 aromatic heterocycles. The number of likely N-dealkylation sites (N-methyl/N-ethyl adjacent to an activating group) is 1. The summed E-state index contributed by atoms with van der Waals surface area (Å²) in [7, 11) is 0. The van der Waals surface area contributed by atoms with E-state index in [4.69, 9.17) is 9.26 Å². The molecule has 3 rings (SSSR count). The molecule has 2 heterocycles. The van der Waals surface area contributed by atoms with Gasteiger partial charge in [-0.05, 0) is 18.5 Å². The van der Waals surface area contributed by atoms with E-state index in [-0.39, 0.29) is 12.0 Å². The fourth-order valence-electron chi connectivity index (χ4n) is 2.65. The molecule has 1 fully saturated rings. The molecule has 2 unspecified atom stereocenters.